The molecule has 13 heavy (non-hydrogen) atoms. The summed E-state index contributed by atoms with van der Waals surface area (Å²) in [6, 6.07) is 0. The molecule has 0 nitrogen and oxygen atoms in total. The van der Waals surface area contributed by atoms with Crippen molar-refractivity contribution in [2.75, 3.05) is 0 Å². The second-order valence-corrected chi connectivity index (χ2v) is 4.96. The molecule has 0 saturated heterocycles. The van der Waals surface area contributed by atoms with Gasteiger partial charge in [-0.15, -0.1) is 0 Å². The number of rotatable bonds is 4. The van der Waals surface area contributed by atoms with E-state index >= 15 is 0 Å². The van der Waals surface area contributed by atoms with E-state index in [-0.39, 0.29) is 0 Å². The molecule has 1 aliphatic carbocycles. The Balaban J connectivity index is 2.23. The van der Waals surface area contributed by atoms with E-state index in [1.165, 1.54) is 44.9 Å². The summed E-state index contributed by atoms with van der Waals surface area (Å²) in [5, 5.41) is 0. The molecular formula is C13H26. The molecule has 1 saturated carbocycles. The topological polar surface area (TPSA) is 0 Å². The molecule has 0 aromatic rings. The normalized spacial score (nSPS) is 31.6. The highest BCUT2D eigenvalue weighted by atomic mass is 14.3. The van der Waals surface area contributed by atoms with Gasteiger partial charge in [-0.2, -0.15) is 0 Å². The zero-order valence-electron chi connectivity index (χ0n) is 9.68. The quantitative estimate of drug-likeness (QED) is 0.594. The molecule has 1 atom stereocenters. The molecule has 1 aliphatic rings. The molecule has 1 unspecified atom stereocenters. The van der Waals surface area contributed by atoms with Gasteiger partial charge < -0.3 is 0 Å². The second-order valence-electron chi connectivity index (χ2n) is 4.96. The lowest BCUT2D eigenvalue weighted by Crippen LogP contribution is -2.19. The van der Waals surface area contributed by atoms with Gasteiger partial charge >= 0.3 is 0 Å². The van der Waals surface area contributed by atoms with Gasteiger partial charge in [0, 0.05) is 0 Å². The standard InChI is InChI=1S/C13H26/c1-4-6-11(3)13-9-7-12(5-2)8-10-13/h11-13H,4-10H2,1-3H3. The van der Waals surface area contributed by atoms with E-state index in [1.807, 2.05) is 0 Å². The molecule has 0 spiro atoms. The first-order chi connectivity index (χ1) is 6.27. The van der Waals surface area contributed by atoms with Gasteiger partial charge in [-0.1, -0.05) is 52.9 Å². The van der Waals surface area contributed by atoms with Crippen LogP contribution >= 0.6 is 0 Å². The number of hydrogen-bond acceptors (Lipinski definition) is 0. The Labute approximate surface area is 84.1 Å². The van der Waals surface area contributed by atoms with E-state index < -0.39 is 0 Å². The Morgan fingerprint density at radius 3 is 2.15 bits per heavy atom. The highest BCUT2D eigenvalue weighted by Gasteiger charge is 2.23. The Bertz CT molecular complexity index is 120. The lowest BCUT2D eigenvalue weighted by Gasteiger charge is -2.31. The Morgan fingerprint density at radius 2 is 1.69 bits per heavy atom. The van der Waals surface area contributed by atoms with Gasteiger partial charge in [0.05, 0.1) is 0 Å². The third-order valence-corrected chi connectivity index (χ3v) is 4.02. The lowest BCUT2D eigenvalue weighted by molar-refractivity contribution is 0.203. The summed E-state index contributed by atoms with van der Waals surface area (Å²) in [5.41, 5.74) is 0. The van der Waals surface area contributed by atoms with Crippen LogP contribution in [0.25, 0.3) is 0 Å². The largest absolute Gasteiger partial charge is 0.0654 e. The van der Waals surface area contributed by atoms with E-state index in [0.717, 1.165) is 17.8 Å². The molecule has 0 aromatic carbocycles. The Kier molecular flexibility index (Phi) is 4.83. The molecular weight excluding hydrogens is 156 g/mol. The van der Waals surface area contributed by atoms with Crippen LogP contribution < -0.4 is 0 Å². The SMILES string of the molecule is CCCC(C)C1CCC(CC)CC1. The van der Waals surface area contributed by atoms with Crippen molar-refractivity contribution in [3.8, 4) is 0 Å². The molecule has 0 aliphatic heterocycles. The van der Waals surface area contributed by atoms with Crippen LogP contribution in [0.3, 0.4) is 0 Å². The van der Waals surface area contributed by atoms with Crippen LogP contribution in [0.4, 0.5) is 0 Å². The molecule has 0 aromatic heterocycles. The third-order valence-electron chi connectivity index (χ3n) is 4.02. The van der Waals surface area contributed by atoms with Gasteiger partial charge in [0.25, 0.3) is 0 Å². The number of hydrogen-bond donors (Lipinski definition) is 0. The van der Waals surface area contributed by atoms with Gasteiger partial charge in [0.2, 0.25) is 0 Å². The summed E-state index contributed by atoms with van der Waals surface area (Å²) in [4.78, 5) is 0. The minimum Gasteiger partial charge on any atom is -0.0654 e. The Hall–Kier alpha value is 0. The van der Waals surface area contributed by atoms with Crippen molar-refractivity contribution < 1.29 is 0 Å². The first-order valence-corrected chi connectivity index (χ1v) is 6.27. The van der Waals surface area contributed by atoms with Crippen LogP contribution in [0.2, 0.25) is 0 Å². The first-order valence-electron chi connectivity index (χ1n) is 6.27. The summed E-state index contributed by atoms with van der Waals surface area (Å²) >= 11 is 0. The predicted octanol–water partition coefficient (Wildman–Crippen LogP) is 4.64. The van der Waals surface area contributed by atoms with Gasteiger partial charge in [-0.05, 0) is 30.6 Å². The van der Waals surface area contributed by atoms with Crippen LogP contribution in [-0.2, 0) is 0 Å². The summed E-state index contributed by atoms with van der Waals surface area (Å²) < 4.78 is 0. The third kappa shape index (κ3) is 3.32. The average Bonchev–Trinajstić information content (AvgIpc) is 2.18. The highest BCUT2D eigenvalue weighted by molar-refractivity contribution is 4.75. The Morgan fingerprint density at radius 1 is 1.08 bits per heavy atom. The maximum absolute atomic E-state index is 2.46. The molecule has 1 rings (SSSR count). The highest BCUT2D eigenvalue weighted by Crippen LogP contribution is 2.36. The van der Waals surface area contributed by atoms with Crippen LogP contribution in [0.15, 0.2) is 0 Å². The molecule has 0 bridgehead atoms. The van der Waals surface area contributed by atoms with Crippen LogP contribution in [0.1, 0.15) is 65.7 Å². The van der Waals surface area contributed by atoms with E-state index in [1.54, 1.807) is 0 Å². The van der Waals surface area contributed by atoms with Crippen molar-refractivity contribution in [2.45, 2.75) is 65.7 Å². The molecule has 0 N–H and O–H groups in total. The maximum Gasteiger partial charge on any atom is -0.0388 e. The van der Waals surface area contributed by atoms with Crippen molar-refractivity contribution in [1.82, 2.24) is 0 Å². The van der Waals surface area contributed by atoms with Crippen molar-refractivity contribution in [3.05, 3.63) is 0 Å². The van der Waals surface area contributed by atoms with E-state index in [4.69, 9.17) is 0 Å². The average molecular weight is 182 g/mol. The van der Waals surface area contributed by atoms with Crippen LogP contribution in [0.5, 0.6) is 0 Å². The van der Waals surface area contributed by atoms with E-state index in [9.17, 15) is 0 Å². The van der Waals surface area contributed by atoms with E-state index in [2.05, 4.69) is 20.8 Å². The fourth-order valence-electron chi connectivity index (χ4n) is 2.86. The summed E-state index contributed by atoms with van der Waals surface area (Å²) in [5.74, 6) is 3.11. The van der Waals surface area contributed by atoms with Crippen LogP contribution in [-0.4, -0.2) is 0 Å². The van der Waals surface area contributed by atoms with Crippen LogP contribution in [0, 0.1) is 17.8 Å². The minimum atomic E-state index is 0.989. The summed E-state index contributed by atoms with van der Waals surface area (Å²) in [7, 11) is 0. The predicted molar refractivity (Wildman–Crippen MR) is 59.8 cm³/mol. The maximum atomic E-state index is 2.46. The van der Waals surface area contributed by atoms with Gasteiger partial charge in [-0.25, -0.2) is 0 Å². The zero-order chi connectivity index (χ0) is 9.68. The van der Waals surface area contributed by atoms with Crippen molar-refractivity contribution in [2.24, 2.45) is 17.8 Å². The fraction of sp³-hybridized carbons (Fsp3) is 1.00. The van der Waals surface area contributed by atoms with Crippen molar-refractivity contribution in [1.29, 1.82) is 0 Å². The molecule has 78 valence electrons. The minimum absolute atomic E-state index is 0.989. The molecule has 0 heteroatoms. The molecule has 0 amide bonds. The van der Waals surface area contributed by atoms with Crippen molar-refractivity contribution in [3.63, 3.8) is 0 Å². The summed E-state index contributed by atoms with van der Waals surface area (Å²) in [6.45, 7) is 7.12. The molecule has 0 heterocycles. The molecule has 1 fully saturated rings. The monoisotopic (exact) mass is 182 g/mol. The first kappa shape index (κ1) is 11.1. The van der Waals surface area contributed by atoms with Gasteiger partial charge in [0.1, 0.15) is 0 Å². The summed E-state index contributed by atoms with van der Waals surface area (Å²) in [6.07, 6.45) is 10.3. The van der Waals surface area contributed by atoms with Crippen molar-refractivity contribution >= 4 is 0 Å². The van der Waals surface area contributed by atoms with E-state index in [0.29, 0.717) is 0 Å². The molecule has 0 radical (unpaired) electrons. The lowest BCUT2D eigenvalue weighted by atomic mass is 9.74. The second kappa shape index (κ2) is 5.67. The smallest absolute Gasteiger partial charge is 0.0388 e. The fourth-order valence-corrected chi connectivity index (χ4v) is 2.86. The van der Waals surface area contributed by atoms with Gasteiger partial charge in [-0.3, -0.25) is 0 Å². The zero-order valence-corrected chi connectivity index (χ0v) is 9.68. The van der Waals surface area contributed by atoms with Gasteiger partial charge in [0.15, 0.2) is 0 Å².